The van der Waals surface area contributed by atoms with Gasteiger partial charge in [0.2, 0.25) is 0 Å². The van der Waals surface area contributed by atoms with Gasteiger partial charge >= 0.3 is 5.97 Å². The van der Waals surface area contributed by atoms with Gasteiger partial charge in [-0.05, 0) is 27.7 Å². The summed E-state index contributed by atoms with van der Waals surface area (Å²) in [5.41, 5.74) is 3.41. The molecule has 0 spiro atoms. The highest BCUT2D eigenvalue weighted by Gasteiger charge is 2.19. The number of rotatable bonds is 8. The van der Waals surface area contributed by atoms with Crippen LogP contribution in [-0.2, 0) is 25.8 Å². The zero-order valence-electron chi connectivity index (χ0n) is 15.9. The van der Waals surface area contributed by atoms with Crippen LogP contribution in [0.2, 0.25) is 0 Å². The first kappa shape index (κ1) is 21.0. The number of esters is 1. The maximum atomic E-state index is 11.9. The lowest BCUT2D eigenvalue weighted by Crippen LogP contribution is -2.19. The van der Waals surface area contributed by atoms with Crippen molar-refractivity contribution < 1.29 is 19.2 Å². The Morgan fingerprint density at radius 1 is 0.962 bits per heavy atom. The zero-order valence-corrected chi connectivity index (χ0v) is 15.9. The molecule has 0 fully saturated rings. The molecule has 0 aliphatic rings. The van der Waals surface area contributed by atoms with Crippen LogP contribution in [0.1, 0.15) is 38.8 Å². The van der Waals surface area contributed by atoms with Gasteiger partial charge in [0.25, 0.3) is 0 Å². The van der Waals surface area contributed by atoms with E-state index < -0.39 is 5.97 Å². The van der Waals surface area contributed by atoms with E-state index in [0.29, 0.717) is 22.6 Å². The Kier molecular flexibility index (Phi) is 8.69. The monoisotopic (exact) mass is 360 g/mol. The number of ether oxygens (including phenoxy) is 1. The van der Waals surface area contributed by atoms with Gasteiger partial charge in [-0.1, -0.05) is 34.6 Å². The van der Waals surface area contributed by atoms with Crippen molar-refractivity contribution in [3.8, 4) is 0 Å². The summed E-state index contributed by atoms with van der Waals surface area (Å²) >= 11 is 0. The first-order valence-corrected chi connectivity index (χ1v) is 7.90. The van der Waals surface area contributed by atoms with E-state index in [9.17, 15) is 4.79 Å². The maximum Gasteiger partial charge on any atom is 0.360 e. The molecule has 0 saturated carbocycles. The number of oxime groups is 2. The van der Waals surface area contributed by atoms with Gasteiger partial charge in [-0.25, -0.2) is 4.79 Å². The van der Waals surface area contributed by atoms with Gasteiger partial charge in [-0.15, -0.1) is 0 Å². The van der Waals surface area contributed by atoms with E-state index >= 15 is 0 Å². The van der Waals surface area contributed by atoms with Crippen LogP contribution in [0.25, 0.3) is 0 Å². The van der Waals surface area contributed by atoms with E-state index in [2.05, 4.69) is 20.5 Å². The number of nitrogens with zero attached hydrogens (tertiary/aromatic N) is 4. The van der Waals surface area contributed by atoms with Crippen LogP contribution in [0.5, 0.6) is 0 Å². The number of hydrogen-bond donors (Lipinski definition) is 0. The summed E-state index contributed by atoms with van der Waals surface area (Å²) in [6, 6.07) is 7.14. The van der Waals surface area contributed by atoms with Gasteiger partial charge in [-0.3, -0.25) is 0 Å². The van der Waals surface area contributed by atoms with Crippen LogP contribution >= 0.6 is 0 Å². The Balaban J connectivity index is 2.97. The van der Waals surface area contributed by atoms with Crippen molar-refractivity contribution >= 4 is 28.8 Å². The highest BCUT2D eigenvalue weighted by molar-refractivity contribution is 6.43. The van der Waals surface area contributed by atoms with Crippen LogP contribution in [0, 0.1) is 0 Å². The molecule has 8 heteroatoms. The highest BCUT2D eigenvalue weighted by Crippen LogP contribution is 2.13. The van der Waals surface area contributed by atoms with E-state index in [1.54, 1.807) is 32.0 Å². The Morgan fingerprint density at radius 2 is 1.65 bits per heavy atom. The lowest BCUT2D eigenvalue weighted by Gasteiger charge is -2.09. The molecule has 0 N–H and O–H groups in total. The second-order valence-electron chi connectivity index (χ2n) is 5.45. The molecule has 1 aromatic rings. The fourth-order valence-electron chi connectivity index (χ4n) is 1.77. The highest BCUT2D eigenvalue weighted by atomic mass is 16.6. The van der Waals surface area contributed by atoms with Crippen molar-refractivity contribution in [3.05, 3.63) is 35.4 Å². The normalized spacial score (nSPS) is 12.5. The summed E-state index contributed by atoms with van der Waals surface area (Å²) in [4.78, 5) is 22.1. The number of methoxy groups -OCH3 is 1. The topological polar surface area (TPSA) is 94.2 Å². The van der Waals surface area contributed by atoms with Gasteiger partial charge in [-0.2, -0.15) is 10.2 Å². The van der Waals surface area contributed by atoms with Gasteiger partial charge in [0.1, 0.15) is 13.7 Å². The quantitative estimate of drug-likeness (QED) is 0.404. The summed E-state index contributed by atoms with van der Waals surface area (Å²) in [6.45, 7) is 7.42. The largest absolute Gasteiger partial charge is 0.464 e. The molecular weight excluding hydrogens is 336 g/mol. The second-order valence-corrected chi connectivity index (χ2v) is 5.45. The number of hydrogen-bond acceptors (Lipinski definition) is 8. The molecule has 1 rings (SSSR count). The minimum Gasteiger partial charge on any atom is -0.464 e. The molecule has 0 bridgehead atoms. The van der Waals surface area contributed by atoms with E-state index in [0.717, 1.165) is 5.71 Å². The van der Waals surface area contributed by atoms with Crippen molar-refractivity contribution in [3.63, 3.8) is 0 Å². The molecule has 0 amide bonds. The van der Waals surface area contributed by atoms with Gasteiger partial charge in [0, 0.05) is 16.8 Å². The molecular formula is C18H24N4O4. The van der Waals surface area contributed by atoms with Crippen molar-refractivity contribution in [1.82, 2.24) is 0 Å². The molecule has 0 saturated heterocycles. The Bertz CT molecular complexity index is 747. The van der Waals surface area contributed by atoms with Crippen LogP contribution in [0.15, 0.2) is 44.8 Å². The molecule has 0 aromatic heterocycles. The molecule has 26 heavy (non-hydrogen) atoms. The molecule has 0 unspecified atom stereocenters. The SMILES string of the molecule is CO/N=C(/C(=O)OC)c1ccccc1CO/N=C(C)\C(C)=N/N=C(C)C. The van der Waals surface area contributed by atoms with Crippen LogP contribution in [0.3, 0.4) is 0 Å². The Hall–Kier alpha value is -3.03. The molecule has 1 aromatic carbocycles. The fraction of sp³-hybridized carbons (Fsp3) is 0.389. The van der Waals surface area contributed by atoms with E-state index in [1.165, 1.54) is 14.2 Å². The summed E-state index contributed by atoms with van der Waals surface area (Å²) in [5.74, 6) is -0.602. The lowest BCUT2D eigenvalue weighted by atomic mass is 10.0. The average Bonchev–Trinajstić information content (AvgIpc) is 2.63. The number of benzene rings is 1. The number of carbonyl (C=O) groups excluding carboxylic acids is 1. The smallest absolute Gasteiger partial charge is 0.360 e. The van der Waals surface area contributed by atoms with E-state index in [4.69, 9.17) is 14.4 Å². The van der Waals surface area contributed by atoms with Crippen molar-refractivity contribution in [2.45, 2.75) is 34.3 Å². The molecule has 0 radical (unpaired) electrons. The molecule has 0 heterocycles. The molecule has 140 valence electrons. The Labute approximate surface area is 153 Å². The molecule has 0 aliphatic heterocycles. The lowest BCUT2D eigenvalue weighted by molar-refractivity contribution is -0.132. The van der Waals surface area contributed by atoms with Crippen molar-refractivity contribution in [1.29, 1.82) is 0 Å². The van der Waals surface area contributed by atoms with Crippen molar-refractivity contribution in [2.24, 2.45) is 20.5 Å². The first-order chi connectivity index (χ1) is 12.4. The minimum absolute atomic E-state index is 0.0559. The van der Waals surface area contributed by atoms with Crippen LogP contribution < -0.4 is 0 Å². The predicted octanol–water partition coefficient (Wildman–Crippen LogP) is 2.96. The zero-order chi connectivity index (χ0) is 19.5. The first-order valence-electron chi connectivity index (χ1n) is 7.90. The van der Waals surface area contributed by atoms with Crippen LogP contribution in [-0.4, -0.2) is 43.0 Å². The third kappa shape index (κ3) is 6.46. The third-order valence-corrected chi connectivity index (χ3v) is 3.18. The predicted molar refractivity (Wildman–Crippen MR) is 102 cm³/mol. The van der Waals surface area contributed by atoms with Crippen LogP contribution in [0.4, 0.5) is 0 Å². The van der Waals surface area contributed by atoms with E-state index in [-0.39, 0.29) is 12.3 Å². The standard InChI is InChI=1S/C18H24N4O4/c1-12(2)19-20-13(3)14(4)21-26-11-15-9-7-8-10-16(15)17(22-25-6)18(23)24-5/h7-10H,11H2,1-6H3/b20-13-,21-14-,22-17+. The molecule has 0 atom stereocenters. The van der Waals surface area contributed by atoms with E-state index in [1.807, 2.05) is 19.9 Å². The average molecular weight is 360 g/mol. The maximum absolute atomic E-state index is 11.9. The fourth-order valence-corrected chi connectivity index (χ4v) is 1.77. The minimum atomic E-state index is -0.602. The van der Waals surface area contributed by atoms with Gasteiger partial charge in [0.15, 0.2) is 5.71 Å². The van der Waals surface area contributed by atoms with Crippen molar-refractivity contribution in [2.75, 3.05) is 14.2 Å². The third-order valence-electron chi connectivity index (χ3n) is 3.18. The number of carbonyl (C=O) groups is 1. The summed E-state index contributed by atoms with van der Waals surface area (Å²) < 4.78 is 4.75. The summed E-state index contributed by atoms with van der Waals surface area (Å²) in [7, 11) is 2.64. The summed E-state index contributed by atoms with van der Waals surface area (Å²) in [6.07, 6.45) is 0. The second kappa shape index (κ2) is 10.8. The van der Waals surface area contributed by atoms with Gasteiger partial charge < -0.3 is 14.4 Å². The Morgan fingerprint density at radius 3 is 2.27 bits per heavy atom. The summed E-state index contributed by atoms with van der Waals surface area (Å²) in [5, 5.41) is 15.8. The molecule has 0 aliphatic carbocycles. The molecule has 8 nitrogen and oxygen atoms in total. The van der Waals surface area contributed by atoms with Gasteiger partial charge in [0.05, 0.1) is 18.5 Å².